The summed E-state index contributed by atoms with van der Waals surface area (Å²) < 4.78 is 41.6. The summed E-state index contributed by atoms with van der Waals surface area (Å²) >= 11 is 0. The highest BCUT2D eigenvalue weighted by Crippen LogP contribution is 2.53. The van der Waals surface area contributed by atoms with E-state index in [0.717, 1.165) is 10.9 Å². The number of rotatable bonds is 12. The molecule has 1 aliphatic heterocycles. The highest BCUT2D eigenvalue weighted by molar-refractivity contribution is 7.48. The number of benzene rings is 1. The first-order valence-electron chi connectivity index (χ1n) is 10.5. The van der Waals surface area contributed by atoms with Crippen molar-refractivity contribution in [1.82, 2.24) is 14.5 Å². The third-order valence-electron chi connectivity index (χ3n) is 4.70. The van der Waals surface area contributed by atoms with Gasteiger partial charge in [0.15, 0.2) is 0 Å². The van der Waals surface area contributed by atoms with Crippen LogP contribution in [0.15, 0.2) is 54.1 Å². The lowest BCUT2D eigenvalue weighted by atomic mass is 10.2. The number of nitrogen functional groups attached to an aromatic ring is 1. The van der Waals surface area contributed by atoms with E-state index in [0.29, 0.717) is 5.56 Å². The molecule has 0 saturated carbocycles. The maximum atomic E-state index is 13.2. The molecule has 2 N–H and O–H groups in total. The number of carbonyl (C=O) groups excluding carboxylic acids is 1. The van der Waals surface area contributed by atoms with Gasteiger partial charge in [0.05, 0.1) is 31.3 Å². The van der Waals surface area contributed by atoms with Gasteiger partial charge in [-0.1, -0.05) is 24.3 Å². The Labute approximate surface area is 200 Å². The predicted molar refractivity (Wildman–Crippen MR) is 121 cm³/mol. The van der Waals surface area contributed by atoms with E-state index in [1.807, 2.05) is 6.07 Å². The van der Waals surface area contributed by atoms with E-state index in [1.54, 1.807) is 30.3 Å². The molecule has 0 spiro atoms. The van der Waals surface area contributed by atoms with Crippen LogP contribution in [0.2, 0.25) is 0 Å². The Balaban J connectivity index is 1.79. The van der Waals surface area contributed by atoms with Crippen molar-refractivity contribution < 1.29 is 32.4 Å². The molecular weight excluding hydrogens is 481 g/mol. The Morgan fingerprint density at radius 1 is 1.37 bits per heavy atom. The SMILES string of the molecule is C=CCOP(=O)(OCCC#N)O[C@H]1C[C@H](n2cnc(N)nc2=O)O[C@@H]1COC(=O)c1ccccc1. The molecule has 0 aliphatic carbocycles. The van der Waals surface area contributed by atoms with Gasteiger partial charge in [-0.2, -0.15) is 10.2 Å². The lowest BCUT2D eigenvalue weighted by molar-refractivity contribution is -0.0544. The zero-order valence-corrected chi connectivity index (χ0v) is 19.5. The summed E-state index contributed by atoms with van der Waals surface area (Å²) in [6, 6.07) is 10.2. The van der Waals surface area contributed by atoms with Crippen LogP contribution in [0.3, 0.4) is 0 Å². The molecule has 4 atom stereocenters. The van der Waals surface area contributed by atoms with E-state index in [9.17, 15) is 14.2 Å². The van der Waals surface area contributed by atoms with Crippen LogP contribution in [0.5, 0.6) is 0 Å². The molecule has 1 saturated heterocycles. The number of anilines is 1. The zero-order chi connectivity index (χ0) is 25.3. The lowest BCUT2D eigenvalue weighted by Gasteiger charge is -2.23. The number of phosphoric acid groups is 1. The Hall–Kier alpha value is -3.40. The fraction of sp³-hybridized carbons (Fsp3) is 0.381. The number of aromatic nitrogens is 3. The molecule has 1 aromatic carbocycles. The monoisotopic (exact) mass is 505 g/mol. The van der Waals surface area contributed by atoms with Crippen LogP contribution in [0.25, 0.3) is 0 Å². The number of hydrogen-bond donors (Lipinski definition) is 1. The largest absolute Gasteiger partial charge is 0.475 e. The van der Waals surface area contributed by atoms with Crippen LogP contribution in [0, 0.1) is 11.3 Å². The molecule has 1 aromatic heterocycles. The fourth-order valence-corrected chi connectivity index (χ4v) is 4.46. The predicted octanol–water partition coefficient (Wildman–Crippen LogP) is 1.99. The average molecular weight is 505 g/mol. The summed E-state index contributed by atoms with van der Waals surface area (Å²) in [6.07, 6.45) is -0.456. The molecule has 1 unspecified atom stereocenters. The fourth-order valence-electron chi connectivity index (χ4n) is 3.11. The number of carbonyl (C=O) groups is 1. The van der Waals surface area contributed by atoms with E-state index in [1.165, 1.54) is 6.08 Å². The van der Waals surface area contributed by atoms with Crippen molar-refractivity contribution in [3.05, 3.63) is 65.4 Å². The number of ether oxygens (including phenoxy) is 2. The van der Waals surface area contributed by atoms with Crippen LogP contribution in [-0.2, 0) is 27.6 Å². The smallest absolute Gasteiger partial charge is 0.459 e. The Bertz CT molecular complexity index is 1170. The maximum absolute atomic E-state index is 13.2. The van der Waals surface area contributed by atoms with Gasteiger partial charge in [-0.15, -0.1) is 6.58 Å². The Morgan fingerprint density at radius 3 is 2.83 bits per heavy atom. The number of hydrogen-bond acceptors (Lipinski definition) is 12. The highest BCUT2D eigenvalue weighted by atomic mass is 31.2. The normalized spacial score (nSPS) is 21.1. The van der Waals surface area contributed by atoms with Gasteiger partial charge >= 0.3 is 19.5 Å². The minimum Gasteiger partial charge on any atom is -0.459 e. The highest BCUT2D eigenvalue weighted by Gasteiger charge is 2.43. The summed E-state index contributed by atoms with van der Waals surface area (Å²) in [4.78, 5) is 32.0. The van der Waals surface area contributed by atoms with Crippen molar-refractivity contribution in [1.29, 1.82) is 5.26 Å². The Morgan fingerprint density at radius 2 is 2.14 bits per heavy atom. The summed E-state index contributed by atoms with van der Waals surface area (Å²) in [6.45, 7) is 2.85. The Kier molecular flexibility index (Phi) is 9.25. The molecule has 0 radical (unpaired) electrons. The average Bonchev–Trinajstić information content (AvgIpc) is 3.23. The van der Waals surface area contributed by atoms with Gasteiger partial charge in [0.2, 0.25) is 5.95 Å². The summed E-state index contributed by atoms with van der Waals surface area (Å²) in [5.74, 6) is -0.820. The van der Waals surface area contributed by atoms with E-state index >= 15 is 0 Å². The van der Waals surface area contributed by atoms with Crippen LogP contribution in [-0.4, -0.2) is 52.5 Å². The summed E-state index contributed by atoms with van der Waals surface area (Å²) in [7, 11) is -4.18. The molecule has 3 rings (SSSR count). The van der Waals surface area contributed by atoms with Gasteiger partial charge in [0, 0.05) is 6.42 Å². The van der Waals surface area contributed by atoms with Crippen LogP contribution < -0.4 is 11.4 Å². The van der Waals surface area contributed by atoms with Crippen molar-refractivity contribution >= 4 is 19.7 Å². The minimum absolute atomic E-state index is 0.0101. The van der Waals surface area contributed by atoms with Crippen LogP contribution >= 0.6 is 7.82 Å². The number of nitrogens with zero attached hydrogens (tertiary/aromatic N) is 4. The third-order valence-corrected chi connectivity index (χ3v) is 6.20. The van der Waals surface area contributed by atoms with E-state index in [-0.39, 0.29) is 38.6 Å². The lowest BCUT2D eigenvalue weighted by Crippen LogP contribution is -2.30. The molecule has 13 nitrogen and oxygen atoms in total. The second kappa shape index (κ2) is 12.3. The van der Waals surface area contributed by atoms with Gasteiger partial charge in [0.25, 0.3) is 0 Å². The van der Waals surface area contributed by atoms with Gasteiger partial charge < -0.3 is 15.2 Å². The van der Waals surface area contributed by atoms with E-state index in [2.05, 4.69) is 16.5 Å². The molecule has 186 valence electrons. The molecule has 0 amide bonds. The second-order valence-corrected chi connectivity index (χ2v) is 8.77. The molecular formula is C21H24N5O8P. The molecule has 35 heavy (non-hydrogen) atoms. The quantitative estimate of drug-likeness (QED) is 0.192. The van der Waals surface area contributed by atoms with Gasteiger partial charge in [-0.25, -0.2) is 19.1 Å². The zero-order valence-electron chi connectivity index (χ0n) is 18.6. The maximum Gasteiger partial charge on any atom is 0.475 e. The first kappa shape index (κ1) is 26.2. The van der Waals surface area contributed by atoms with Crippen molar-refractivity contribution in [2.45, 2.75) is 31.3 Å². The minimum atomic E-state index is -4.18. The molecule has 1 fully saturated rings. The molecule has 1 aliphatic rings. The molecule has 0 bridgehead atoms. The van der Waals surface area contributed by atoms with Crippen LogP contribution in [0.1, 0.15) is 29.4 Å². The van der Waals surface area contributed by atoms with E-state index < -0.39 is 37.9 Å². The summed E-state index contributed by atoms with van der Waals surface area (Å²) in [5.41, 5.74) is 5.04. The first-order valence-corrected chi connectivity index (χ1v) is 11.9. The van der Waals surface area contributed by atoms with E-state index in [4.69, 9.17) is 34.0 Å². The second-order valence-electron chi connectivity index (χ2n) is 7.15. The number of phosphoric ester groups is 1. The van der Waals surface area contributed by atoms with Gasteiger partial charge in [-0.05, 0) is 12.1 Å². The van der Waals surface area contributed by atoms with Crippen molar-refractivity contribution in [2.75, 3.05) is 25.6 Å². The van der Waals surface area contributed by atoms with Gasteiger partial charge in [0.1, 0.15) is 31.4 Å². The number of nitrogens with two attached hydrogens (primary N) is 1. The molecule has 2 aromatic rings. The first-order chi connectivity index (χ1) is 16.8. The summed E-state index contributed by atoms with van der Waals surface area (Å²) in [5, 5.41) is 8.75. The van der Waals surface area contributed by atoms with Crippen molar-refractivity contribution in [3.8, 4) is 6.07 Å². The number of esters is 1. The standard InChI is InChI=1S/C21H24N5O8P/c1-2-10-31-35(29,32-11-6-9-22)34-16-12-18(26-14-24-20(23)25-21(26)28)33-17(16)13-30-19(27)15-7-4-3-5-8-15/h2-5,7-8,14,16-18H,1,6,10-13H2,(H2,23,25,28)/t16-,17+,18+,35?/m0/s1. The van der Waals surface area contributed by atoms with Crippen molar-refractivity contribution in [2.24, 2.45) is 0 Å². The van der Waals surface area contributed by atoms with Gasteiger partial charge in [-0.3, -0.25) is 18.1 Å². The third kappa shape index (κ3) is 7.29. The van der Waals surface area contributed by atoms with Crippen LogP contribution in [0.4, 0.5) is 5.95 Å². The molecule has 14 heteroatoms. The number of nitriles is 1. The van der Waals surface area contributed by atoms with Crippen molar-refractivity contribution in [3.63, 3.8) is 0 Å². The molecule has 2 heterocycles. The topological polar surface area (TPSA) is 178 Å².